The summed E-state index contributed by atoms with van der Waals surface area (Å²) >= 11 is 1.58. The number of aryl methyl sites for hydroxylation is 2. The molecule has 4 aromatic heterocycles. The second-order valence-electron chi connectivity index (χ2n) is 12.7. The molecule has 8 rings (SSSR count). The van der Waals surface area contributed by atoms with Crippen LogP contribution in [-0.4, -0.2) is 73.4 Å². The Morgan fingerprint density at radius 1 is 0.712 bits per heavy atom. The lowest BCUT2D eigenvalue weighted by Gasteiger charge is -2.15. The third-order valence-corrected chi connectivity index (χ3v) is 11.0. The zero-order valence-electron chi connectivity index (χ0n) is 28.4. The maximum atomic E-state index is 13.4. The number of pyridine rings is 2. The SMILES string of the molecule is CS(=O)(=O)c1cc(-c2c(-c3ccc(F)cc3)nc3n2[C@H](CO)CC3)ccn1.CSc1cc(-c2c(-c3ccc(F)cc3)nc3n2[C@H](CO)CC3)ccn1. The van der Waals surface area contributed by atoms with E-state index in [2.05, 4.69) is 14.5 Å². The fraction of sp³-hybridized carbons (Fsp3) is 0.263. The molecule has 6 heterocycles. The summed E-state index contributed by atoms with van der Waals surface area (Å²) in [4.78, 5) is 17.8. The smallest absolute Gasteiger partial charge is 0.192 e. The molecule has 0 fully saturated rings. The van der Waals surface area contributed by atoms with Crippen LogP contribution in [-0.2, 0) is 22.7 Å². The van der Waals surface area contributed by atoms with Crippen LogP contribution < -0.4 is 0 Å². The van der Waals surface area contributed by atoms with Gasteiger partial charge < -0.3 is 19.3 Å². The molecule has 2 aliphatic heterocycles. The van der Waals surface area contributed by atoms with E-state index in [9.17, 15) is 27.4 Å². The number of thioether (sulfide) groups is 1. The fourth-order valence-electron chi connectivity index (χ4n) is 6.89. The third kappa shape index (κ3) is 6.90. The van der Waals surface area contributed by atoms with E-state index < -0.39 is 9.84 Å². The number of sulfone groups is 1. The highest BCUT2D eigenvalue weighted by molar-refractivity contribution is 7.98. The predicted octanol–water partition coefficient (Wildman–Crippen LogP) is 6.59. The number of halogens is 2. The quantitative estimate of drug-likeness (QED) is 0.166. The summed E-state index contributed by atoms with van der Waals surface area (Å²) in [6.45, 7) is 0.0446. The molecule has 0 saturated carbocycles. The van der Waals surface area contributed by atoms with Crippen molar-refractivity contribution in [2.75, 3.05) is 25.7 Å². The first-order valence-corrected chi connectivity index (χ1v) is 19.8. The Morgan fingerprint density at radius 3 is 1.62 bits per heavy atom. The van der Waals surface area contributed by atoms with Crippen LogP contribution in [0.15, 0.2) is 95.2 Å². The van der Waals surface area contributed by atoms with Crippen molar-refractivity contribution in [3.8, 4) is 45.0 Å². The zero-order valence-corrected chi connectivity index (χ0v) is 30.1. The Morgan fingerprint density at radius 2 is 1.17 bits per heavy atom. The van der Waals surface area contributed by atoms with Crippen molar-refractivity contribution in [3.05, 3.63) is 108 Å². The Kier molecular flexibility index (Phi) is 10.1. The van der Waals surface area contributed by atoms with Crippen LogP contribution in [0.2, 0.25) is 0 Å². The lowest BCUT2D eigenvalue weighted by molar-refractivity contribution is 0.234. The van der Waals surface area contributed by atoms with Crippen molar-refractivity contribution in [1.82, 2.24) is 29.1 Å². The number of benzene rings is 2. The second kappa shape index (κ2) is 14.7. The Hall–Kier alpha value is -4.76. The molecule has 2 aliphatic rings. The fourth-order valence-corrected chi connectivity index (χ4v) is 7.89. The average molecular weight is 743 g/mol. The predicted molar refractivity (Wildman–Crippen MR) is 195 cm³/mol. The lowest BCUT2D eigenvalue weighted by Crippen LogP contribution is -2.10. The average Bonchev–Trinajstić information content (AvgIpc) is 3.93. The molecule has 0 aliphatic carbocycles. The van der Waals surface area contributed by atoms with Gasteiger partial charge in [-0.1, -0.05) is 0 Å². The number of hydrogen-bond donors (Lipinski definition) is 2. The van der Waals surface area contributed by atoms with Gasteiger partial charge in [-0.3, -0.25) is 0 Å². The van der Waals surface area contributed by atoms with Crippen LogP contribution in [0.1, 0.15) is 36.6 Å². The van der Waals surface area contributed by atoms with Crippen molar-refractivity contribution in [3.63, 3.8) is 0 Å². The number of nitrogens with zero attached hydrogens (tertiary/aromatic N) is 6. The van der Waals surface area contributed by atoms with Crippen LogP contribution in [0.25, 0.3) is 45.0 Å². The molecule has 10 nitrogen and oxygen atoms in total. The van der Waals surface area contributed by atoms with Gasteiger partial charge in [-0.15, -0.1) is 11.8 Å². The first kappa shape index (κ1) is 35.6. The molecular formula is C38H36F2N6O4S2. The normalized spacial score (nSPS) is 16.3. The highest BCUT2D eigenvalue weighted by Crippen LogP contribution is 2.41. The molecular weight excluding hydrogens is 707 g/mol. The number of hydrogen-bond acceptors (Lipinski definition) is 9. The largest absolute Gasteiger partial charge is 0.394 e. The Bertz CT molecular complexity index is 2340. The number of aliphatic hydroxyl groups excluding tert-OH is 2. The third-order valence-electron chi connectivity index (χ3n) is 9.36. The summed E-state index contributed by atoms with van der Waals surface area (Å²) in [6, 6.07) is 19.5. The molecule has 2 N–H and O–H groups in total. The van der Waals surface area contributed by atoms with Crippen molar-refractivity contribution in [2.45, 2.75) is 47.8 Å². The number of rotatable bonds is 8. The summed E-state index contributed by atoms with van der Waals surface area (Å²) in [5.74, 6) is 1.18. The highest BCUT2D eigenvalue weighted by Gasteiger charge is 2.31. The molecule has 52 heavy (non-hydrogen) atoms. The minimum atomic E-state index is -3.47. The highest BCUT2D eigenvalue weighted by atomic mass is 32.2. The number of imidazole rings is 2. The van der Waals surface area contributed by atoms with Crippen LogP contribution in [0.3, 0.4) is 0 Å². The second-order valence-corrected chi connectivity index (χ2v) is 15.5. The number of aliphatic hydroxyl groups is 2. The van der Waals surface area contributed by atoms with E-state index in [1.165, 1.54) is 36.5 Å². The van der Waals surface area contributed by atoms with Gasteiger partial charge in [-0.2, -0.15) is 0 Å². The van der Waals surface area contributed by atoms with Gasteiger partial charge in [-0.25, -0.2) is 37.1 Å². The molecule has 0 spiro atoms. The molecule has 2 aromatic carbocycles. The maximum absolute atomic E-state index is 13.4. The van der Waals surface area contributed by atoms with Gasteiger partial charge >= 0.3 is 0 Å². The molecule has 0 saturated heterocycles. The molecule has 0 bridgehead atoms. The van der Waals surface area contributed by atoms with E-state index >= 15 is 0 Å². The summed E-state index contributed by atoms with van der Waals surface area (Å²) in [7, 11) is -3.47. The molecule has 0 unspecified atom stereocenters. The lowest BCUT2D eigenvalue weighted by atomic mass is 10.0. The molecule has 268 valence electrons. The van der Waals surface area contributed by atoms with E-state index in [0.717, 1.165) is 70.3 Å². The van der Waals surface area contributed by atoms with Gasteiger partial charge in [-0.05, 0) is 91.9 Å². The molecule has 0 amide bonds. The minimum Gasteiger partial charge on any atom is -0.394 e. The first-order chi connectivity index (χ1) is 25.1. The van der Waals surface area contributed by atoms with E-state index in [4.69, 9.17) is 9.97 Å². The van der Waals surface area contributed by atoms with Gasteiger partial charge in [0.25, 0.3) is 0 Å². The minimum absolute atomic E-state index is 0.0255. The Balaban J connectivity index is 0.000000162. The zero-order chi connectivity index (χ0) is 36.6. The van der Waals surface area contributed by atoms with Gasteiger partial charge in [0.2, 0.25) is 0 Å². The van der Waals surface area contributed by atoms with Gasteiger partial charge in [0, 0.05) is 53.7 Å². The number of fused-ring (bicyclic) bond motifs is 2. The summed E-state index contributed by atoms with van der Waals surface area (Å²) < 4.78 is 54.7. The van der Waals surface area contributed by atoms with Crippen molar-refractivity contribution < 1.29 is 27.4 Å². The first-order valence-electron chi connectivity index (χ1n) is 16.7. The van der Waals surface area contributed by atoms with Crippen LogP contribution in [0.4, 0.5) is 8.78 Å². The van der Waals surface area contributed by atoms with Crippen LogP contribution in [0.5, 0.6) is 0 Å². The van der Waals surface area contributed by atoms with Crippen molar-refractivity contribution in [2.24, 2.45) is 0 Å². The van der Waals surface area contributed by atoms with Crippen LogP contribution >= 0.6 is 11.8 Å². The summed E-state index contributed by atoms with van der Waals surface area (Å²) in [5, 5.41) is 20.5. The van der Waals surface area contributed by atoms with Crippen LogP contribution in [0, 0.1) is 11.6 Å². The van der Waals surface area contributed by atoms with E-state index in [1.807, 2.05) is 23.0 Å². The van der Waals surface area contributed by atoms with E-state index in [-0.39, 0.29) is 42.0 Å². The Labute approximate surface area is 304 Å². The molecule has 2 atom stereocenters. The van der Waals surface area contributed by atoms with E-state index in [0.29, 0.717) is 23.4 Å². The van der Waals surface area contributed by atoms with E-state index in [1.54, 1.807) is 48.3 Å². The maximum Gasteiger partial charge on any atom is 0.192 e. The molecule has 14 heteroatoms. The van der Waals surface area contributed by atoms with Crippen molar-refractivity contribution >= 4 is 21.6 Å². The standard InChI is InChI=1S/C19H18FN3O3S.C19H18FN3OS/c1-27(25,26)17-10-13(8-9-21-17)19-18(12-2-4-14(20)5-3-12)22-16-7-6-15(11-24)23(16)19;1-25-17-10-13(8-9-21-17)19-18(12-2-4-14(20)5-3-12)22-16-7-6-15(11-24)23(16)19/h2-5,8-10,15,24H,6-7,11H2,1H3;2-5,8-10,15,24H,6-7,11H2,1H3/t2*15-/m00/s1. The number of aromatic nitrogens is 6. The summed E-state index contributed by atoms with van der Waals surface area (Å²) in [6.07, 6.45) is 9.53. The van der Waals surface area contributed by atoms with Gasteiger partial charge in [0.15, 0.2) is 14.9 Å². The molecule has 0 radical (unpaired) electrons. The van der Waals surface area contributed by atoms with Gasteiger partial charge in [0.1, 0.15) is 23.3 Å². The monoisotopic (exact) mass is 742 g/mol. The van der Waals surface area contributed by atoms with Crippen molar-refractivity contribution in [1.29, 1.82) is 0 Å². The summed E-state index contributed by atoms with van der Waals surface area (Å²) in [5.41, 5.74) is 6.39. The molecule has 6 aromatic rings. The van der Waals surface area contributed by atoms with Gasteiger partial charge in [0.05, 0.1) is 53.1 Å². The topological polar surface area (TPSA) is 136 Å².